The molecule has 0 saturated carbocycles. The third-order valence-electron chi connectivity index (χ3n) is 6.14. The summed E-state index contributed by atoms with van der Waals surface area (Å²) in [6.07, 6.45) is 5.91. The van der Waals surface area contributed by atoms with Crippen LogP contribution in [0.2, 0.25) is 5.02 Å². The molecule has 39 heavy (non-hydrogen) atoms. The van der Waals surface area contributed by atoms with Gasteiger partial charge in [0.15, 0.2) is 21.3 Å². The molecule has 11 heteroatoms. The standard InChI is InChI=1S/C28H19ClN6O3S/c1-39(37,38)23-5-2-4-22(16-23)35-27-24(17-32-35)28(36)34(21-12-10-20(29)11-13-21)26(33-27)19-8-6-18(7-9-19)25-30-14-3-15-31-25/h2-17H,1H3. The molecule has 0 fully saturated rings. The van der Waals surface area contributed by atoms with Gasteiger partial charge in [-0.05, 0) is 48.5 Å². The van der Waals surface area contributed by atoms with Crippen molar-refractivity contribution in [1.29, 1.82) is 0 Å². The van der Waals surface area contributed by atoms with Gasteiger partial charge in [0.2, 0.25) is 0 Å². The lowest BCUT2D eigenvalue weighted by Crippen LogP contribution is -2.22. The van der Waals surface area contributed by atoms with Gasteiger partial charge in [-0.2, -0.15) is 5.10 Å². The molecule has 0 aliphatic rings. The summed E-state index contributed by atoms with van der Waals surface area (Å²) in [5.41, 5.74) is 2.48. The lowest BCUT2D eigenvalue weighted by molar-refractivity contribution is 0.601. The van der Waals surface area contributed by atoms with E-state index in [2.05, 4.69) is 15.1 Å². The van der Waals surface area contributed by atoms with Gasteiger partial charge in [0.05, 0.1) is 22.5 Å². The summed E-state index contributed by atoms with van der Waals surface area (Å²) in [6.45, 7) is 0. The number of fused-ring (bicyclic) bond motifs is 1. The highest BCUT2D eigenvalue weighted by atomic mass is 35.5. The summed E-state index contributed by atoms with van der Waals surface area (Å²) in [5.74, 6) is 0.947. The molecule has 0 amide bonds. The lowest BCUT2D eigenvalue weighted by atomic mass is 10.1. The second-order valence-electron chi connectivity index (χ2n) is 8.77. The minimum Gasteiger partial charge on any atom is -0.268 e. The maximum absolute atomic E-state index is 13.9. The number of sulfone groups is 1. The molecule has 3 heterocycles. The van der Waals surface area contributed by atoms with Crippen LogP contribution in [-0.2, 0) is 9.84 Å². The van der Waals surface area contributed by atoms with E-state index in [4.69, 9.17) is 16.6 Å². The Morgan fingerprint density at radius 1 is 0.821 bits per heavy atom. The molecule has 0 spiro atoms. The third kappa shape index (κ3) is 4.60. The molecule has 6 rings (SSSR count). The normalized spacial score (nSPS) is 11.6. The van der Waals surface area contributed by atoms with Crippen molar-refractivity contribution < 1.29 is 8.42 Å². The molecule has 0 radical (unpaired) electrons. The first-order chi connectivity index (χ1) is 18.8. The number of rotatable bonds is 5. The van der Waals surface area contributed by atoms with Crippen molar-refractivity contribution in [3.63, 3.8) is 0 Å². The van der Waals surface area contributed by atoms with Crippen LogP contribution in [0.3, 0.4) is 0 Å². The minimum absolute atomic E-state index is 0.136. The van der Waals surface area contributed by atoms with Crippen LogP contribution in [0.15, 0.2) is 107 Å². The van der Waals surface area contributed by atoms with Crippen LogP contribution < -0.4 is 5.56 Å². The van der Waals surface area contributed by atoms with Crippen molar-refractivity contribution in [2.75, 3.05) is 6.26 Å². The summed E-state index contributed by atoms with van der Waals surface area (Å²) in [4.78, 5) is 27.5. The number of aromatic nitrogens is 6. The van der Waals surface area contributed by atoms with Crippen LogP contribution >= 0.6 is 11.6 Å². The van der Waals surface area contributed by atoms with Gasteiger partial charge in [0.1, 0.15) is 11.2 Å². The van der Waals surface area contributed by atoms with E-state index >= 15 is 0 Å². The second kappa shape index (κ2) is 9.57. The Labute approximate surface area is 227 Å². The zero-order chi connectivity index (χ0) is 27.1. The van der Waals surface area contributed by atoms with Crippen LogP contribution in [0.4, 0.5) is 0 Å². The zero-order valence-corrected chi connectivity index (χ0v) is 22.0. The van der Waals surface area contributed by atoms with Crippen LogP contribution in [0.1, 0.15) is 0 Å². The van der Waals surface area contributed by atoms with Crippen molar-refractivity contribution in [2.24, 2.45) is 0 Å². The summed E-state index contributed by atoms with van der Waals surface area (Å²) in [6, 6.07) is 22.4. The fraction of sp³-hybridized carbons (Fsp3) is 0.0357. The van der Waals surface area contributed by atoms with Gasteiger partial charge in [-0.15, -0.1) is 0 Å². The number of hydrogen-bond donors (Lipinski definition) is 0. The predicted octanol–water partition coefficient (Wildman–Crippen LogP) is 4.75. The highest BCUT2D eigenvalue weighted by Gasteiger charge is 2.19. The van der Waals surface area contributed by atoms with Crippen molar-refractivity contribution >= 4 is 32.5 Å². The smallest absolute Gasteiger partial charge is 0.268 e. The van der Waals surface area contributed by atoms with Gasteiger partial charge in [0.25, 0.3) is 5.56 Å². The van der Waals surface area contributed by atoms with E-state index in [1.165, 1.54) is 27.6 Å². The van der Waals surface area contributed by atoms with E-state index in [0.717, 1.165) is 11.8 Å². The SMILES string of the molecule is CS(=O)(=O)c1cccc(-n2ncc3c(=O)n(-c4ccc(Cl)cc4)c(-c4ccc(-c5ncccn5)cc4)nc32)c1. The van der Waals surface area contributed by atoms with Crippen LogP contribution in [-0.4, -0.2) is 44.0 Å². The molecule has 0 unspecified atom stereocenters. The van der Waals surface area contributed by atoms with Gasteiger partial charge < -0.3 is 0 Å². The van der Waals surface area contributed by atoms with Crippen LogP contribution in [0, 0.1) is 0 Å². The lowest BCUT2D eigenvalue weighted by Gasteiger charge is -2.14. The Morgan fingerprint density at radius 2 is 1.51 bits per heavy atom. The first-order valence-electron chi connectivity index (χ1n) is 11.7. The van der Waals surface area contributed by atoms with Crippen molar-refractivity contribution in [1.82, 2.24) is 29.3 Å². The number of benzene rings is 3. The number of nitrogens with zero attached hydrogens (tertiary/aromatic N) is 6. The second-order valence-corrected chi connectivity index (χ2v) is 11.2. The van der Waals surface area contributed by atoms with E-state index in [0.29, 0.717) is 39.3 Å². The van der Waals surface area contributed by atoms with Gasteiger partial charge in [-0.25, -0.2) is 28.1 Å². The maximum Gasteiger partial charge on any atom is 0.269 e. The van der Waals surface area contributed by atoms with E-state index in [1.807, 2.05) is 24.3 Å². The van der Waals surface area contributed by atoms with E-state index in [-0.39, 0.29) is 15.8 Å². The van der Waals surface area contributed by atoms with Crippen LogP contribution in [0.5, 0.6) is 0 Å². The number of hydrogen-bond acceptors (Lipinski definition) is 7. The minimum atomic E-state index is -3.45. The molecule has 0 saturated heterocycles. The number of halogens is 1. The molecule has 0 bridgehead atoms. The summed E-state index contributed by atoms with van der Waals surface area (Å²) in [5, 5.41) is 5.20. The maximum atomic E-state index is 13.9. The average Bonchev–Trinajstić information content (AvgIpc) is 3.38. The summed E-state index contributed by atoms with van der Waals surface area (Å²) in [7, 11) is -3.45. The monoisotopic (exact) mass is 554 g/mol. The topological polar surface area (TPSA) is 113 Å². The Kier molecular flexibility index (Phi) is 6.05. The van der Waals surface area contributed by atoms with Crippen molar-refractivity contribution in [2.45, 2.75) is 4.90 Å². The first-order valence-corrected chi connectivity index (χ1v) is 14.0. The van der Waals surface area contributed by atoms with Crippen molar-refractivity contribution in [3.05, 3.63) is 113 Å². The molecule has 0 atom stereocenters. The Bertz CT molecular complexity index is 2000. The third-order valence-corrected chi connectivity index (χ3v) is 7.51. The molecule has 0 N–H and O–H groups in total. The van der Waals surface area contributed by atoms with Gasteiger partial charge in [-0.1, -0.05) is 41.9 Å². The van der Waals surface area contributed by atoms with E-state index < -0.39 is 9.84 Å². The Balaban J connectivity index is 1.59. The average molecular weight is 555 g/mol. The molecule has 192 valence electrons. The van der Waals surface area contributed by atoms with Crippen LogP contribution in [0.25, 0.3) is 45.2 Å². The Morgan fingerprint density at radius 3 is 2.21 bits per heavy atom. The van der Waals surface area contributed by atoms with Crippen molar-refractivity contribution in [3.8, 4) is 34.2 Å². The molecule has 3 aromatic heterocycles. The highest BCUT2D eigenvalue weighted by molar-refractivity contribution is 7.90. The zero-order valence-electron chi connectivity index (χ0n) is 20.4. The molecule has 0 aliphatic heterocycles. The van der Waals surface area contributed by atoms with E-state index in [1.54, 1.807) is 54.9 Å². The molecular weight excluding hydrogens is 536 g/mol. The largest absolute Gasteiger partial charge is 0.269 e. The summed E-state index contributed by atoms with van der Waals surface area (Å²) < 4.78 is 27.3. The van der Waals surface area contributed by atoms with Gasteiger partial charge in [-0.3, -0.25) is 9.36 Å². The molecule has 0 aliphatic carbocycles. The fourth-order valence-corrected chi connectivity index (χ4v) is 5.03. The molecule has 3 aromatic carbocycles. The first kappa shape index (κ1) is 24.7. The molecule has 9 nitrogen and oxygen atoms in total. The molecular formula is C28H19ClN6O3S. The summed E-state index contributed by atoms with van der Waals surface area (Å²) >= 11 is 6.11. The molecule has 6 aromatic rings. The highest BCUT2D eigenvalue weighted by Crippen LogP contribution is 2.26. The quantitative estimate of drug-likeness (QED) is 0.302. The fourth-order valence-electron chi connectivity index (χ4n) is 4.24. The van der Waals surface area contributed by atoms with E-state index in [9.17, 15) is 13.2 Å². The van der Waals surface area contributed by atoms with Gasteiger partial charge in [0, 0.05) is 34.8 Å². The predicted molar refractivity (Wildman–Crippen MR) is 149 cm³/mol. The van der Waals surface area contributed by atoms with Gasteiger partial charge >= 0.3 is 0 Å². The Hall–Kier alpha value is -4.67.